The number of amides is 1. The molecule has 1 heterocycles. The normalized spacial score (nSPS) is 16.9. The molecule has 25 heavy (non-hydrogen) atoms. The van der Waals surface area contributed by atoms with Gasteiger partial charge in [0.25, 0.3) is 5.91 Å². The number of hydrogen-bond acceptors (Lipinski definition) is 4. The standard InChI is InChI=1S/C20H18N2O3/c23-18-13-7-2-3-8-14(13)19(24)17-15(18)9-6-10-16(17)20(25)22-12-5-1-4-11-21-22/h2-3,6-10,21H,1,4-5,11-12H2. The first-order valence-corrected chi connectivity index (χ1v) is 8.55. The van der Waals surface area contributed by atoms with Gasteiger partial charge < -0.3 is 0 Å². The zero-order chi connectivity index (χ0) is 17.4. The van der Waals surface area contributed by atoms with Crippen molar-refractivity contribution in [2.24, 2.45) is 0 Å². The highest BCUT2D eigenvalue weighted by molar-refractivity contribution is 6.30. The molecule has 5 nitrogen and oxygen atoms in total. The van der Waals surface area contributed by atoms with Crippen LogP contribution in [0.1, 0.15) is 61.5 Å². The Hall–Kier alpha value is -2.79. The number of ketones is 2. The van der Waals surface area contributed by atoms with Gasteiger partial charge in [0.1, 0.15) is 0 Å². The van der Waals surface area contributed by atoms with E-state index in [0.717, 1.165) is 25.8 Å². The van der Waals surface area contributed by atoms with Gasteiger partial charge in [-0.3, -0.25) is 19.4 Å². The summed E-state index contributed by atoms with van der Waals surface area (Å²) in [4.78, 5) is 38.7. The second-order valence-corrected chi connectivity index (χ2v) is 6.36. The number of carbonyl (C=O) groups excluding carboxylic acids is 3. The molecule has 1 saturated heterocycles. The maximum Gasteiger partial charge on any atom is 0.268 e. The van der Waals surface area contributed by atoms with Crippen LogP contribution in [0.3, 0.4) is 0 Å². The highest BCUT2D eigenvalue weighted by Crippen LogP contribution is 2.30. The van der Waals surface area contributed by atoms with Crippen molar-refractivity contribution in [2.45, 2.75) is 19.3 Å². The molecule has 0 aromatic heterocycles. The monoisotopic (exact) mass is 334 g/mol. The van der Waals surface area contributed by atoms with E-state index >= 15 is 0 Å². The lowest BCUT2D eigenvalue weighted by Crippen LogP contribution is -2.43. The summed E-state index contributed by atoms with van der Waals surface area (Å²) < 4.78 is 0. The van der Waals surface area contributed by atoms with Crippen molar-refractivity contribution in [3.8, 4) is 0 Å². The molecule has 0 spiro atoms. The Morgan fingerprint density at radius 1 is 0.840 bits per heavy atom. The zero-order valence-electron chi connectivity index (χ0n) is 13.7. The Kier molecular flexibility index (Phi) is 3.93. The third-order valence-electron chi connectivity index (χ3n) is 4.79. The summed E-state index contributed by atoms with van der Waals surface area (Å²) >= 11 is 0. The van der Waals surface area contributed by atoms with E-state index in [9.17, 15) is 14.4 Å². The Balaban J connectivity index is 1.81. The van der Waals surface area contributed by atoms with E-state index in [1.807, 2.05) is 0 Å². The van der Waals surface area contributed by atoms with Crippen molar-refractivity contribution >= 4 is 17.5 Å². The van der Waals surface area contributed by atoms with Crippen LogP contribution in [-0.4, -0.2) is 35.6 Å². The first-order valence-electron chi connectivity index (χ1n) is 8.55. The fraction of sp³-hybridized carbons (Fsp3) is 0.250. The van der Waals surface area contributed by atoms with Crippen LogP contribution in [0.15, 0.2) is 42.5 Å². The van der Waals surface area contributed by atoms with Gasteiger partial charge in [0.15, 0.2) is 11.6 Å². The minimum Gasteiger partial charge on any atom is -0.289 e. The molecule has 126 valence electrons. The van der Waals surface area contributed by atoms with Gasteiger partial charge in [-0.2, -0.15) is 0 Å². The van der Waals surface area contributed by atoms with E-state index < -0.39 is 0 Å². The van der Waals surface area contributed by atoms with Crippen LogP contribution in [0, 0.1) is 0 Å². The second-order valence-electron chi connectivity index (χ2n) is 6.36. The van der Waals surface area contributed by atoms with Gasteiger partial charge in [-0.15, -0.1) is 0 Å². The van der Waals surface area contributed by atoms with Crippen molar-refractivity contribution < 1.29 is 14.4 Å². The lowest BCUT2D eigenvalue weighted by atomic mass is 9.81. The van der Waals surface area contributed by atoms with Gasteiger partial charge in [0.2, 0.25) is 0 Å². The van der Waals surface area contributed by atoms with Gasteiger partial charge in [0, 0.05) is 35.3 Å². The molecule has 0 atom stereocenters. The summed E-state index contributed by atoms with van der Waals surface area (Å²) in [6.45, 7) is 1.33. The number of hydrogen-bond donors (Lipinski definition) is 1. The van der Waals surface area contributed by atoms with Gasteiger partial charge in [-0.25, -0.2) is 5.43 Å². The number of nitrogens with zero attached hydrogens (tertiary/aromatic N) is 1. The Morgan fingerprint density at radius 3 is 2.36 bits per heavy atom. The molecule has 5 heteroatoms. The second kappa shape index (κ2) is 6.26. The predicted octanol–water partition coefficient (Wildman–Crippen LogP) is 2.59. The molecule has 1 aliphatic carbocycles. The molecule has 2 aliphatic rings. The van der Waals surface area contributed by atoms with E-state index in [1.54, 1.807) is 47.5 Å². The molecule has 1 amide bonds. The molecule has 2 aromatic rings. The molecular weight excluding hydrogens is 316 g/mol. The fourth-order valence-electron chi connectivity index (χ4n) is 3.51. The summed E-state index contributed by atoms with van der Waals surface area (Å²) in [6.07, 6.45) is 3.00. The fourth-order valence-corrected chi connectivity index (χ4v) is 3.51. The van der Waals surface area contributed by atoms with Crippen LogP contribution in [0.25, 0.3) is 0 Å². The summed E-state index contributed by atoms with van der Waals surface area (Å²) in [7, 11) is 0. The number of rotatable bonds is 1. The summed E-state index contributed by atoms with van der Waals surface area (Å²) in [5.74, 6) is -0.716. The van der Waals surface area contributed by atoms with Gasteiger partial charge in [0.05, 0.1) is 5.56 Å². The molecule has 0 radical (unpaired) electrons. The molecule has 0 saturated carbocycles. The van der Waals surface area contributed by atoms with Crippen LogP contribution in [0.2, 0.25) is 0 Å². The Morgan fingerprint density at radius 2 is 1.56 bits per heavy atom. The Bertz CT molecular complexity index is 880. The van der Waals surface area contributed by atoms with Gasteiger partial charge >= 0.3 is 0 Å². The van der Waals surface area contributed by atoms with Crippen molar-refractivity contribution in [2.75, 3.05) is 13.1 Å². The van der Waals surface area contributed by atoms with Crippen molar-refractivity contribution in [3.63, 3.8) is 0 Å². The first-order chi connectivity index (χ1) is 12.2. The molecule has 0 unspecified atom stereocenters. The lowest BCUT2D eigenvalue weighted by molar-refractivity contribution is 0.0670. The highest BCUT2D eigenvalue weighted by atomic mass is 16.2. The Labute approximate surface area is 145 Å². The molecular formula is C20H18N2O3. The molecule has 2 aromatic carbocycles. The third-order valence-corrected chi connectivity index (χ3v) is 4.79. The van der Waals surface area contributed by atoms with Gasteiger partial charge in [-0.1, -0.05) is 42.8 Å². The van der Waals surface area contributed by atoms with Crippen molar-refractivity contribution in [1.29, 1.82) is 0 Å². The number of carbonyl (C=O) groups is 3. The van der Waals surface area contributed by atoms with Crippen LogP contribution in [0.4, 0.5) is 0 Å². The topological polar surface area (TPSA) is 66.5 Å². The van der Waals surface area contributed by atoms with E-state index in [2.05, 4.69) is 5.43 Å². The van der Waals surface area contributed by atoms with Crippen molar-refractivity contribution in [1.82, 2.24) is 10.4 Å². The van der Waals surface area contributed by atoms with Crippen molar-refractivity contribution in [3.05, 3.63) is 70.3 Å². The lowest BCUT2D eigenvalue weighted by Gasteiger charge is -2.24. The van der Waals surface area contributed by atoms with Crippen LogP contribution in [0.5, 0.6) is 0 Å². The average Bonchev–Trinajstić information content (AvgIpc) is 2.94. The summed E-state index contributed by atoms with van der Waals surface area (Å²) in [5, 5.41) is 1.57. The molecule has 1 N–H and O–H groups in total. The quantitative estimate of drug-likeness (QED) is 0.743. The van der Waals surface area contributed by atoms with Gasteiger partial charge in [-0.05, 0) is 18.9 Å². The predicted molar refractivity (Wildman–Crippen MR) is 92.6 cm³/mol. The van der Waals surface area contributed by atoms with E-state index in [0.29, 0.717) is 28.8 Å². The molecule has 0 bridgehead atoms. The SMILES string of the molecule is O=C1c2ccccc2C(=O)c2c1cccc2C(=O)N1CCCCCN1. The minimum atomic E-state index is -0.260. The maximum atomic E-state index is 13.0. The number of nitrogens with one attached hydrogen (secondary N) is 1. The summed E-state index contributed by atoms with van der Waals surface area (Å²) in [5.41, 5.74) is 4.71. The zero-order valence-corrected chi connectivity index (χ0v) is 13.7. The third kappa shape index (κ3) is 2.57. The molecule has 4 rings (SSSR count). The summed E-state index contributed by atoms with van der Waals surface area (Å²) in [6, 6.07) is 11.7. The smallest absolute Gasteiger partial charge is 0.268 e. The first kappa shape index (κ1) is 15.7. The van der Waals surface area contributed by atoms with E-state index in [-0.39, 0.29) is 23.0 Å². The number of hydrazine groups is 1. The number of fused-ring (bicyclic) bond motifs is 2. The maximum absolute atomic E-state index is 13.0. The average molecular weight is 334 g/mol. The molecule has 1 aliphatic heterocycles. The van der Waals surface area contributed by atoms with Crippen LogP contribution in [-0.2, 0) is 0 Å². The number of benzene rings is 2. The van der Waals surface area contributed by atoms with E-state index in [4.69, 9.17) is 0 Å². The van der Waals surface area contributed by atoms with Crippen LogP contribution >= 0.6 is 0 Å². The van der Waals surface area contributed by atoms with Crippen LogP contribution < -0.4 is 5.43 Å². The minimum absolute atomic E-state index is 0.205. The highest BCUT2D eigenvalue weighted by Gasteiger charge is 2.33. The van der Waals surface area contributed by atoms with E-state index in [1.165, 1.54) is 0 Å². The largest absolute Gasteiger partial charge is 0.289 e. The molecule has 1 fully saturated rings.